The van der Waals surface area contributed by atoms with Crippen molar-refractivity contribution in [3.8, 4) is 0 Å². The lowest BCUT2D eigenvalue weighted by molar-refractivity contribution is -0.163. The van der Waals surface area contributed by atoms with Crippen molar-refractivity contribution in [1.82, 2.24) is 0 Å². The molecule has 0 amide bonds. The third-order valence-electron chi connectivity index (χ3n) is 4.86. The molecular formula is C17H32O5. The van der Waals surface area contributed by atoms with Gasteiger partial charge in [0.2, 0.25) is 0 Å². The molecule has 0 spiro atoms. The minimum Gasteiger partial charge on any atom is -0.359 e. The van der Waals surface area contributed by atoms with Gasteiger partial charge in [-0.3, -0.25) is 0 Å². The standard InChI is InChI=1S/C17H32O5/c1-19-14-22-13-15(16(20-2)21-3)7-10-17(11-12-18)8-5-4-6-9-17/h12,15-16H,4-11,13-14H2,1-3H3. The molecule has 0 heterocycles. The molecule has 1 atom stereocenters. The molecule has 0 aliphatic heterocycles. The van der Waals surface area contributed by atoms with E-state index in [4.69, 9.17) is 18.9 Å². The van der Waals surface area contributed by atoms with E-state index < -0.39 is 0 Å². The molecule has 5 heteroatoms. The second-order valence-electron chi connectivity index (χ2n) is 6.35. The molecule has 0 bridgehead atoms. The van der Waals surface area contributed by atoms with Gasteiger partial charge in [0, 0.05) is 33.7 Å². The van der Waals surface area contributed by atoms with Crippen molar-refractivity contribution in [2.45, 2.75) is 57.7 Å². The number of aldehydes is 1. The highest BCUT2D eigenvalue weighted by molar-refractivity contribution is 5.50. The Hall–Kier alpha value is -0.490. The van der Waals surface area contributed by atoms with Crippen molar-refractivity contribution in [2.75, 3.05) is 34.7 Å². The summed E-state index contributed by atoms with van der Waals surface area (Å²) in [6, 6.07) is 0. The van der Waals surface area contributed by atoms with Crippen LogP contribution in [0.1, 0.15) is 51.4 Å². The van der Waals surface area contributed by atoms with Crippen molar-refractivity contribution in [2.24, 2.45) is 11.3 Å². The summed E-state index contributed by atoms with van der Waals surface area (Å²) >= 11 is 0. The largest absolute Gasteiger partial charge is 0.359 e. The van der Waals surface area contributed by atoms with E-state index in [1.807, 2.05) is 0 Å². The Bertz CT molecular complexity index is 285. The van der Waals surface area contributed by atoms with E-state index in [1.54, 1.807) is 21.3 Å². The van der Waals surface area contributed by atoms with Gasteiger partial charge in [-0.15, -0.1) is 0 Å². The van der Waals surface area contributed by atoms with Crippen molar-refractivity contribution in [3.63, 3.8) is 0 Å². The zero-order valence-corrected chi connectivity index (χ0v) is 14.3. The van der Waals surface area contributed by atoms with Crippen molar-refractivity contribution in [3.05, 3.63) is 0 Å². The Labute approximate surface area is 134 Å². The highest BCUT2D eigenvalue weighted by atomic mass is 16.7. The fourth-order valence-electron chi connectivity index (χ4n) is 3.59. The van der Waals surface area contributed by atoms with Crippen LogP contribution in [-0.2, 0) is 23.7 Å². The van der Waals surface area contributed by atoms with Gasteiger partial charge in [0.15, 0.2) is 6.29 Å². The number of carbonyl (C=O) groups is 1. The van der Waals surface area contributed by atoms with Gasteiger partial charge in [-0.2, -0.15) is 0 Å². The Morgan fingerprint density at radius 2 is 1.77 bits per heavy atom. The molecule has 0 saturated heterocycles. The first-order valence-corrected chi connectivity index (χ1v) is 8.27. The Morgan fingerprint density at radius 3 is 2.32 bits per heavy atom. The van der Waals surface area contributed by atoms with Gasteiger partial charge in [-0.1, -0.05) is 19.3 Å². The van der Waals surface area contributed by atoms with Gasteiger partial charge in [0.1, 0.15) is 13.1 Å². The third-order valence-corrected chi connectivity index (χ3v) is 4.86. The van der Waals surface area contributed by atoms with Crippen LogP contribution in [0, 0.1) is 11.3 Å². The smallest absolute Gasteiger partial charge is 0.161 e. The van der Waals surface area contributed by atoms with Crippen LogP contribution >= 0.6 is 0 Å². The molecular weight excluding hydrogens is 284 g/mol. The van der Waals surface area contributed by atoms with Gasteiger partial charge < -0.3 is 23.7 Å². The molecule has 1 aliphatic rings. The van der Waals surface area contributed by atoms with E-state index in [2.05, 4.69) is 0 Å². The van der Waals surface area contributed by atoms with E-state index >= 15 is 0 Å². The summed E-state index contributed by atoms with van der Waals surface area (Å²) in [6.45, 7) is 0.813. The average Bonchev–Trinajstić information content (AvgIpc) is 2.54. The molecule has 22 heavy (non-hydrogen) atoms. The summed E-state index contributed by atoms with van der Waals surface area (Å²) in [5.41, 5.74) is 0.172. The van der Waals surface area contributed by atoms with Gasteiger partial charge in [-0.05, 0) is 31.1 Å². The number of rotatable bonds is 12. The number of carbonyl (C=O) groups excluding carboxylic acids is 1. The quantitative estimate of drug-likeness (QED) is 0.314. The minimum absolute atomic E-state index is 0.149. The van der Waals surface area contributed by atoms with Crippen LogP contribution in [0.25, 0.3) is 0 Å². The molecule has 0 N–H and O–H groups in total. The summed E-state index contributed by atoms with van der Waals surface area (Å²) in [6.07, 6.45) is 9.50. The third kappa shape index (κ3) is 6.32. The van der Waals surface area contributed by atoms with Crippen LogP contribution in [0.2, 0.25) is 0 Å². The lowest BCUT2D eigenvalue weighted by Crippen LogP contribution is -2.32. The van der Waals surface area contributed by atoms with Crippen LogP contribution < -0.4 is 0 Å². The molecule has 0 aromatic carbocycles. The fourth-order valence-corrected chi connectivity index (χ4v) is 3.59. The monoisotopic (exact) mass is 316 g/mol. The van der Waals surface area contributed by atoms with Gasteiger partial charge >= 0.3 is 0 Å². The summed E-state index contributed by atoms with van der Waals surface area (Å²) in [5.74, 6) is 0.149. The number of hydrogen-bond acceptors (Lipinski definition) is 5. The normalized spacial score (nSPS) is 19.3. The average molecular weight is 316 g/mol. The second kappa shape index (κ2) is 11.1. The first kappa shape index (κ1) is 19.6. The summed E-state index contributed by atoms with van der Waals surface area (Å²) < 4.78 is 21.3. The molecule has 1 aliphatic carbocycles. The highest BCUT2D eigenvalue weighted by Gasteiger charge is 2.33. The van der Waals surface area contributed by atoms with Crippen molar-refractivity contribution in [1.29, 1.82) is 0 Å². The van der Waals surface area contributed by atoms with E-state index in [-0.39, 0.29) is 24.4 Å². The van der Waals surface area contributed by atoms with Crippen LogP contribution in [-0.4, -0.2) is 47.3 Å². The summed E-state index contributed by atoms with van der Waals surface area (Å²) in [7, 11) is 4.92. The second-order valence-corrected chi connectivity index (χ2v) is 6.35. The van der Waals surface area contributed by atoms with Gasteiger partial charge in [0.05, 0.1) is 6.61 Å². The zero-order valence-electron chi connectivity index (χ0n) is 14.3. The molecule has 0 aromatic heterocycles. The van der Waals surface area contributed by atoms with Crippen LogP contribution in [0.4, 0.5) is 0 Å². The van der Waals surface area contributed by atoms with Gasteiger partial charge in [-0.25, -0.2) is 0 Å². The maximum Gasteiger partial charge on any atom is 0.161 e. The zero-order chi connectivity index (χ0) is 16.3. The van der Waals surface area contributed by atoms with E-state index in [0.29, 0.717) is 13.0 Å². The maximum absolute atomic E-state index is 11.1. The number of methoxy groups -OCH3 is 3. The number of hydrogen-bond donors (Lipinski definition) is 0. The molecule has 130 valence electrons. The summed E-state index contributed by atoms with van der Waals surface area (Å²) in [5, 5.41) is 0. The Kier molecular flexibility index (Phi) is 9.87. The van der Waals surface area contributed by atoms with E-state index in [9.17, 15) is 4.79 Å². The Balaban J connectivity index is 2.59. The first-order valence-electron chi connectivity index (χ1n) is 8.27. The lowest BCUT2D eigenvalue weighted by Gasteiger charge is -2.37. The van der Waals surface area contributed by atoms with Crippen LogP contribution in [0.3, 0.4) is 0 Å². The Morgan fingerprint density at radius 1 is 1.09 bits per heavy atom. The van der Waals surface area contributed by atoms with Crippen molar-refractivity contribution < 1.29 is 23.7 Å². The SMILES string of the molecule is COCOCC(CCC1(CC=O)CCCCC1)C(OC)OC. The summed E-state index contributed by atoms with van der Waals surface area (Å²) in [4.78, 5) is 11.1. The molecule has 1 unspecified atom stereocenters. The predicted octanol–water partition coefficient (Wildman–Crippen LogP) is 3.16. The van der Waals surface area contributed by atoms with Gasteiger partial charge in [0.25, 0.3) is 0 Å². The fraction of sp³-hybridized carbons (Fsp3) is 0.941. The molecule has 1 saturated carbocycles. The lowest BCUT2D eigenvalue weighted by atomic mass is 9.68. The first-order chi connectivity index (χ1) is 10.7. The molecule has 5 nitrogen and oxygen atoms in total. The van der Waals surface area contributed by atoms with Crippen molar-refractivity contribution >= 4 is 6.29 Å². The molecule has 1 rings (SSSR count). The topological polar surface area (TPSA) is 54.0 Å². The molecule has 0 aromatic rings. The van der Waals surface area contributed by atoms with E-state index in [1.165, 1.54) is 19.3 Å². The van der Waals surface area contributed by atoms with Crippen LogP contribution in [0.5, 0.6) is 0 Å². The van der Waals surface area contributed by atoms with Crippen LogP contribution in [0.15, 0.2) is 0 Å². The van der Waals surface area contributed by atoms with E-state index in [0.717, 1.165) is 32.0 Å². The molecule has 1 fully saturated rings. The maximum atomic E-state index is 11.1. The molecule has 0 radical (unpaired) electrons. The predicted molar refractivity (Wildman–Crippen MR) is 84.6 cm³/mol. The number of ether oxygens (including phenoxy) is 4. The minimum atomic E-state index is -0.284. The highest BCUT2D eigenvalue weighted by Crippen LogP contribution is 2.43.